The van der Waals surface area contributed by atoms with Gasteiger partial charge in [-0.1, -0.05) is 13.0 Å². The number of alkyl halides is 1. The van der Waals surface area contributed by atoms with Crippen LogP contribution < -0.4 is 5.32 Å². The fourth-order valence-corrected chi connectivity index (χ4v) is 2.72. The smallest absolute Gasteiger partial charge is 0.408 e. The SMILES string of the molecule is Cc1cc(F)ccc1[C@H](C)[C@H](C)OC(=O)[C@@H](NC(=O)OC(C)(C)C)C(C)Cl. The molecule has 0 saturated heterocycles. The van der Waals surface area contributed by atoms with Gasteiger partial charge >= 0.3 is 12.1 Å². The molecule has 27 heavy (non-hydrogen) atoms. The van der Waals surface area contributed by atoms with Gasteiger partial charge in [0.25, 0.3) is 0 Å². The van der Waals surface area contributed by atoms with Crippen molar-refractivity contribution in [1.82, 2.24) is 5.32 Å². The summed E-state index contributed by atoms with van der Waals surface area (Å²) in [6.07, 6.45) is -1.24. The van der Waals surface area contributed by atoms with Crippen molar-refractivity contribution in [3.8, 4) is 0 Å². The Labute approximate surface area is 165 Å². The van der Waals surface area contributed by atoms with E-state index in [2.05, 4.69) is 5.32 Å². The van der Waals surface area contributed by atoms with Crippen molar-refractivity contribution in [2.75, 3.05) is 0 Å². The van der Waals surface area contributed by atoms with Crippen molar-refractivity contribution >= 4 is 23.7 Å². The van der Waals surface area contributed by atoms with Crippen molar-refractivity contribution in [1.29, 1.82) is 0 Å². The maximum atomic E-state index is 13.3. The number of carbonyl (C=O) groups excluding carboxylic acids is 2. The van der Waals surface area contributed by atoms with E-state index in [1.54, 1.807) is 47.6 Å². The highest BCUT2D eigenvalue weighted by atomic mass is 35.5. The fraction of sp³-hybridized carbons (Fsp3) is 0.600. The van der Waals surface area contributed by atoms with Crippen molar-refractivity contribution in [2.45, 2.75) is 77.5 Å². The van der Waals surface area contributed by atoms with E-state index in [1.165, 1.54) is 12.1 Å². The first-order valence-corrected chi connectivity index (χ1v) is 9.35. The van der Waals surface area contributed by atoms with Crippen LogP contribution in [0.4, 0.5) is 9.18 Å². The molecule has 1 rings (SSSR count). The second-order valence-electron chi connectivity index (χ2n) is 7.73. The Balaban J connectivity index is 2.81. The van der Waals surface area contributed by atoms with Crippen LogP contribution in [0.1, 0.15) is 58.6 Å². The van der Waals surface area contributed by atoms with Crippen LogP contribution >= 0.6 is 11.6 Å². The maximum absolute atomic E-state index is 13.3. The number of amides is 1. The minimum Gasteiger partial charge on any atom is -0.460 e. The average molecular weight is 402 g/mol. The lowest BCUT2D eigenvalue weighted by Crippen LogP contribution is -2.49. The summed E-state index contributed by atoms with van der Waals surface area (Å²) in [6, 6.07) is 3.44. The van der Waals surface area contributed by atoms with Crippen LogP contribution in [0.25, 0.3) is 0 Å². The van der Waals surface area contributed by atoms with Gasteiger partial charge in [-0.2, -0.15) is 0 Å². The lowest BCUT2D eigenvalue weighted by Gasteiger charge is -2.27. The second-order valence-corrected chi connectivity index (χ2v) is 8.42. The molecule has 1 unspecified atom stereocenters. The molecule has 7 heteroatoms. The third-order valence-electron chi connectivity index (χ3n) is 4.11. The van der Waals surface area contributed by atoms with E-state index >= 15 is 0 Å². The molecular formula is C20H29ClFNO4. The predicted octanol–water partition coefficient (Wildman–Crippen LogP) is 4.69. The Bertz CT molecular complexity index is 672. The molecule has 0 aliphatic heterocycles. The number of nitrogens with one attached hydrogen (secondary N) is 1. The zero-order valence-electron chi connectivity index (χ0n) is 16.9. The Morgan fingerprint density at radius 3 is 2.26 bits per heavy atom. The fourth-order valence-electron chi connectivity index (χ4n) is 2.56. The molecule has 0 radical (unpaired) electrons. The monoisotopic (exact) mass is 401 g/mol. The Hall–Kier alpha value is -1.82. The van der Waals surface area contributed by atoms with Gasteiger partial charge in [0.15, 0.2) is 0 Å². The number of hydrogen-bond acceptors (Lipinski definition) is 4. The minimum absolute atomic E-state index is 0.164. The number of esters is 1. The molecule has 5 nitrogen and oxygen atoms in total. The molecule has 0 aliphatic carbocycles. The molecule has 0 spiro atoms. The first-order valence-electron chi connectivity index (χ1n) is 8.92. The zero-order valence-corrected chi connectivity index (χ0v) is 17.7. The van der Waals surface area contributed by atoms with E-state index in [9.17, 15) is 14.0 Å². The van der Waals surface area contributed by atoms with Gasteiger partial charge in [-0.3, -0.25) is 0 Å². The Morgan fingerprint density at radius 1 is 1.19 bits per heavy atom. The Kier molecular flexibility index (Phi) is 8.08. The van der Waals surface area contributed by atoms with Crippen LogP contribution in [0.5, 0.6) is 0 Å². The van der Waals surface area contributed by atoms with Gasteiger partial charge in [0.1, 0.15) is 23.6 Å². The first kappa shape index (κ1) is 23.2. The molecular weight excluding hydrogens is 373 g/mol. The molecule has 0 aliphatic rings. The predicted molar refractivity (Wildman–Crippen MR) is 104 cm³/mol. The minimum atomic E-state index is -1.05. The molecule has 1 amide bonds. The highest BCUT2D eigenvalue weighted by Gasteiger charge is 2.31. The molecule has 1 aromatic carbocycles. The normalized spacial score (nSPS) is 16.0. The van der Waals surface area contributed by atoms with Gasteiger partial charge in [0.05, 0.1) is 5.38 Å². The summed E-state index contributed by atoms with van der Waals surface area (Å²) in [6.45, 7) is 12.2. The van der Waals surface area contributed by atoms with E-state index in [4.69, 9.17) is 21.1 Å². The number of rotatable bonds is 6. The van der Waals surface area contributed by atoms with Crippen molar-refractivity contribution in [3.05, 3.63) is 35.1 Å². The maximum Gasteiger partial charge on any atom is 0.408 e. The number of hydrogen-bond donors (Lipinski definition) is 1. The topological polar surface area (TPSA) is 64.6 Å². The molecule has 0 saturated carbocycles. The highest BCUT2D eigenvalue weighted by molar-refractivity contribution is 6.22. The van der Waals surface area contributed by atoms with Crippen LogP contribution in [0.3, 0.4) is 0 Å². The van der Waals surface area contributed by atoms with Crippen molar-refractivity contribution in [3.63, 3.8) is 0 Å². The standard InChI is InChI=1S/C20H29ClFNO4/c1-11-10-15(22)8-9-16(11)12(2)14(4)26-18(24)17(13(3)21)23-19(25)27-20(5,6)7/h8-10,12-14,17H,1-7H3,(H,23,25)/t12-,13?,14+,17+/m1/s1. The second kappa shape index (κ2) is 9.40. The lowest BCUT2D eigenvalue weighted by atomic mass is 9.92. The van der Waals surface area contributed by atoms with Gasteiger partial charge in [0, 0.05) is 5.92 Å². The molecule has 0 heterocycles. The third-order valence-corrected chi connectivity index (χ3v) is 4.37. The number of carbonyl (C=O) groups is 2. The number of benzene rings is 1. The summed E-state index contributed by atoms with van der Waals surface area (Å²) in [4.78, 5) is 24.5. The number of ether oxygens (including phenoxy) is 2. The Morgan fingerprint density at radius 2 is 1.78 bits per heavy atom. The number of halogens is 2. The van der Waals surface area contributed by atoms with E-state index in [0.717, 1.165) is 11.1 Å². The lowest BCUT2D eigenvalue weighted by molar-refractivity contribution is -0.151. The summed E-state index contributed by atoms with van der Waals surface area (Å²) in [5, 5.41) is 1.76. The highest BCUT2D eigenvalue weighted by Crippen LogP contribution is 2.25. The first-order chi connectivity index (χ1) is 12.3. The quantitative estimate of drug-likeness (QED) is 0.554. The van der Waals surface area contributed by atoms with Crippen LogP contribution in [-0.4, -0.2) is 35.2 Å². The summed E-state index contributed by atoms with van der Waals surface area (Å²) >= 11 is 6.06. The molecule has 0 bridgehead atoms. The molecule has 1 aromatic rings. The number of aryl methyl sites for hydroxylation is 1. The molecule has 0 fully saturated rings. The summed E-state index contributed by atoms with van der Waals surface area (Å²) in [5.74, 6) is -1.13. The molecule has 152 valence electrons. The van der Waals surface area contributed by atoms with E-state index < -0.39 is 35.2 Å². The molecule has 4 atom stereocenters. The summed E-state index contributed by atoms with van der Waals surface area (Å²) in [7, 11) is 0. The largest absolute Gasteiger partial charge is 0.460 e. The van der Waals surface area contributed by atoms with Crippen LogP contribution in [0.15, 0.2) is 18.2 Å². The van der Waals surface area contributed by atoms with Crippen LogP contribution in [0, 0.1) is 12.7 Å². The number of alkyl carbamates (subject to hydrolysis) is 1. The van der Waals surface area contributed by atoms with Gasteiger partial charge in [-0.15, -0.1) is 11.6 Å². The molecule has 1 N–H and O–H groups in total. The van der Waals surface area contributed by atoms with E-state index in [-0.39, 0.29) is 11.7 Å². The molecule has 0 aromatic heterocycles. The third kappa shape index (κ3) is 7.37. The van der Waals surface area contributed by atoms with Crippen LogP contribution in [0.2, 0.25) is 0 Å². The zero-order chi connectivity index (χ0) is 20.9. The van der Waals surface area contributed by atoms with E-state index in [0.29, 0.717) is 0 Å². The van der Waals surface area contributed by atoms with E-state index in [1.807, 2.05) is 6.92 Å². The summed E-state index contributed by atoms with van der Waals surface area (Å²) in [5.41, 5.74) is 0.961. The van der Waals surface area contributed by atoms with Crippen molar-refractivity contribution < 1.29 is 23.5 Å². The average Bonchev–Trinajstić information content (AvgIpc) is 2.49. The van der Waals surface area contributed by atoms with Gasteiger partial charge in [-0.05, 0) is 64.8 Å². The van der Waals surface area contributed by atoms with Crippen LogP contribution in [-0.2, 0) is 14.3 Å². The van der Waals surface area contributed by atoms with Gasteiger partial charge < -0.3 is 14.8 Å². The van der Waals surface area contributed by atoms with Gasteiger partial charge in [-0.25, -0.2) is 14.0 Å². The summed E-state index contributed by atoms with van der Waals surface area (Å²) < 4.78 is 24.0. The van der Waals surface area contributed by atoms with Gasteiger partial charge in [0.2, 0.25) is 0 Å². The van der Waals surface area contributed by atoms with Crippen molar-refractivity contribution in [2.24, 2.45) is 0 Å².